The molecule has 0 saturated carbocycles. The quantitative estimate of drug-likeness (QED) is 0.728. The Kier molecular flexibility index (Phi) is 6.56. The van der Waals surface area contributed by atoms with E-state index in [1.165, 1.54) is 24.3 Å². The largest absolute Gasteiger partial charge is 0.354 e. The van der Waals surface area contributed by atoms with Crippen LogP contribution in [0.1, 0.15) is 35.3 Å². The van der Waals surface area contributed by atoms with Crippen molar-refractivity contribution in [1.29, 1.82) is 0 Å². The Balaban J connectivity index is 1.73. The average molecular weight is 436 g/mol. The molecule has 7 nitrogen and oxygen atoms in total. The van der Waals surface area contributed by atoms with E-state index in [9.17, 15) is 18.0 Å². The number of nitrogens with zero attached hydrogens (tertiary/aromatic N) is 1. The van der Waals surface area contributed by atoms with Crippen LogP contribution in [0.2, 0.25) is 5.02 Å². The summed E-state index contributed by atoms with van der Waals surface area (Å²) in [7, 11) is -3.79. The summed E-state index contributed by atoms with van der Waals surface area (Å²) in [5.41, 5.74) is 1.25. The first-order valence-electron chi connectivity index (χ1n) is 9.24. The molecular weight excluding hydrogens is 414 g/mol. The molecule has 3 rings (SSSR count). The summed E-state index contributed by atoms with van der Waals surface area (Å²) < 4.78 is 26.5. The average Bonchev–Trinajstić information content (AvgIpc) is 2.72. The van der Waals surface area contributed by atoms with Crippen molar-refractivity contribution in [2.24, 2.45) is 0 Å². The molecule has 0 bridgehead atoms. The van der Waals surface area contributed by atoms with Gasteiger partial charge in [0.15, 0.2) is 0 Å². The second-order valence-electron chi connectivity index (χ2n) is 6.70. The SMILES string of the molecule is CCC(NC(=O)c1ccc(S(=O)(=O)N2CCNC(=O)C2)cc1)c1cccc(Cl)c1. The molecule has 1 saturated heterocycles. The molecule has 154 valence electrons. The van der Waals surface area contributed by atoms with E-state index in [4.69, 9.17) is 11.6 Å². The van der Waals surface area contributed by atoms with Gasteiger partial charge in [-0.05, 0) is 48.4 Å². The zero-order valence-corrected chi connectivity index (χ0v) is 17.5. The Morgan fingerprint density at radius 2 is 1.97 bits per heavy atom. The van der Waals surface area contributed by atoms with Crippen LogP contribution in [0.5, 0.6) is 0 Å². The number of rotatable bonds is 6. The van der Waals surface area contributed by atoms with Crippen LogP contribution in [0.25, 0.3) is 0 Å². The molecule has 1 unspecified atom stereocenters. The molecule has 1 heterocycles. The molecule has 1 fully saturated rings. The van der Waals surface area contributed by atoms with E-state index in [-0.39, 0.29) is 42.4 Å². The zero-order valence-electron chi connectivity index (χ0n) is 15.9. The fraction of sp³-hybridized carbons (Fsp3) is 0.300. The fourth-order valence-corrected chi connectivity index (χ4v) is 4.73. The summed E-state index contributed by atoms with van der Waals surface area (Å²) in [6.45, 7) is 2.24. The van der Waals surface area contributed by atoms with Gasteiger partial charge in [0.1, 0.15) is 0 Å². The first-order valence-corrected chi connectivity index (χ1v) is 11.1. The van der Waals surface area contributed by atoms with Crippen molar-refractivity contribution in [3.63, 3.8) is 0 Å². The lowest BCUT2D eigenvalue weighted by atomic mass is 10.0. The van der Waals surface area contributed by atoms with Gasteiger partial charge in [-0.2, -0.15) is 4.31 Å². The highest BCUT2D eigenvalue weighted by molar-refractivity contribution is 7.89. The standard InChI is InChI=1S/C20H22ClN3O4S/c1-2-18(15-4-3-5-16(21)12-15)23-20(26)14-6-8-17(9-7-14)29(27,28)24-11-10-22-19(25)13-24/h3-9,12,18H,2,10-11,13H2,1H3,(H,22,25)(H,23,26). The monoisotopic (exact) mass is 435 g/mol. The van der Waals surface area contributed by atoms with Crippen molar-refractivity contribution in [1.82, 2.24) is 14.9 Å². The highest BCUT2D eigenvalue weighted by Crippen LogP contribution is 2.22. The maximum absolute atomic E-state index is 12.7. The summed E-state index contributed by atoms with van der Waals surface area (Å²) >= 11 is 6.03. The highest BCUT2D eigenvalue weighted by Gasteiger charge is 2.29. The van der Waals surface area contributed by atoms with E-state index in [2.05, 4.69) is 10.6 Å². The molecule has 2 N–H and O–H groups in total. The van der Waals surface area contributed by atoms with Gasteiger partial charge in [-0.15, -0.1) is 0 Å². The normalized spacial score (nSPS) is 16.1. The smallest absolute Gasteiger partial charge is 0.251 e. The van der Waals surface area contributed by atoms with Crippen LogP contribution >= 0.6 is 11.6 Å². The highest BCUT2D eigenvalue weighted by atomic mass is 35.5. The van der Waals surface area contributed by atoms with Crippen LogP contribution in [-0.2, 0) is 14.8 Å². The molecule has 0 radical (unpaired) electrons. The van der Waals surface area contributed by atoms with Gasteiger partial charge in [0.05, 0.1) is 17.5 Å². The summed E-state index contributed by atoms with van der Waals surface area (Å²) in [5.74, 6) is -0.638. The maximum Gasteiger partial charge on any atom is 0.251 e. The second kappa shape index (κ2) is 8.94. The molecule has 1 atom stereocenters. The van der Waals surface area contributed by atoms with Crippen molar-refractivity contribution < 1.29 is 18.0 Å². The minimum atomic E-state index is -3.79. The molecule has 1 aliphatic heterocycles. The first-order chi connectivity index (χ1) is 13.8. The number of piperazine rings is 1. The van der Waals surface area contributed by atoms with Crippen LogP contribution in [0.3, 0.4) is 0 Å². The minimum absolute atomic E-state index is 0.0469. The molecule has 9 heteroatoms. The Hall–Kier alpha value is -2.42. The number of carbonyl (C=O) groups is 2. The number of hydrogen-bond acceptors (Lipinski definition) is 4. The third kappa shape index (κ3) is 4.95. The number of sulfonamides is 1. The van der Waals surface area contributed by atoms with Crippen molar-refractivity contribution >= 4 is 33.4 Å². The van der Waals surface area contributed by atoms with Crippen LogP contribution in [0.4, 0.5) is 0 Å². The van der Waals surface area contributed by atoms with Gasteiger partial charge >= 0.3 is 0 Å². The van der Waals surface area contributed by atoms with Gasteiger partial charge in [-0.3, -0.25) is 9.59 Å². The summed E-state index contributed by atoms with van der Waals surface area (Å²) in [5, 5.41) is 6.13. The Morgan fingerprint density at radius 3 is 2.59 bits per heavy atom. The van der Waals surface area contributed by atoms with E-state index in [1.807, 2.05) is 19.1 Å². The molecule has 2 aromatic rings. The Morgan fingerprint density at radius 1 is 1.24 bits per heavy atom. The predicted octanol–water partition coefficient (Wildman–Crippen LogP) is 2.34. The second-order valence-corrected chi connectivity index (χ2v) is 9.08. The van der Waals surface area contributed by atoms with Gasteiger partial charge in [0.25, 0.3) is 5.91 Å². The topological polar surface area (TPSA) is 95.6 Å². The lowest BCUT2D eigenvalue weighted by Gasteiger charge is -2.26. The van der Waals surface area contributed by atoms with Gasteiger partial charge in [0.2, 0.25) is 15.9 Å². The van der Waals surface area contributed by atoms with E-state index in [0.29, 0.717) is 17.0 Å². The summed E-state index contributed by atoms with van der Waals surface area (Å²) in [4.78, 5) is 24.2. The molecule has 2 amide bonds. The Labute approximate surface area is 175 Å². The number of hydrogen-bond donors (Lipinski definition) is 2. The summed E-state index contributed by atoms with van der Waals surface area (Å²) in [6.07, 6.45) is 0.676. The molecule has 0 aliphatic carbocycles. The van der Waals surface area contributed by atoms with Crippen LogP contribution in [0.15, 0.2) is 53.4 Å². The van der Waals surface area contributed by atoms with Gasteiger partial charge in [-0.1, -0.05) is 30.7 Å². The van der Waals surface area contributed by atoms with E-state index >= 15 is 0 Å². The fourth-order valence-electron chi connectivity index (χ4n) is 3.13. The summed E-state index contributed by atoms with van der Waals surface area (Å²) in [6, 6.07) is 12.8. The van der Waals surface area contributed by atoms with E-state index < -0.39 is 10.0 Å². The van der Waals surface area contributed by atoms with Gasteiger partial charge in [-0.25, -0.2) is 8.42 Å². The third-order valence-corrected chi connectivity index (χ3v) is 6.82. The zero-order chi connectivity index (χ0) is 21.0. The lowest BCUT2D eigenvalue weighted by Crippen LogP contribution is -2.49. The number of benzene rings is 2. The number of carbonyl (C=O) groups excluding carboxylic acids is 2. The minimum Gasteiger partial charge on any atom is -0.354 e. The lowest BCUT2D eigenvalue weighted by molar-refractivity contribution is -0.122. The van der Waals surface area contributed by atoms with Crippen LogP contribution in [-0.4, -0.2) is 44.2 Å². The van der Waals surface area contributed by atoms with Crippen molar-refractivity contribution in [2.45, 2.75) is 24.3 Å². The number of halogens is 1. The number of nitrogens with one attached hydrogen (secondary N) is 2. The van der Waals surface area contributed by atoms with Crippen molar-refractivity contribution in [2.75, 3.05) is 19.6 Å². The molecule has 29 heavy (non-hydrogen) atoms. The maximum atomic E-state index is 12.7. The molecular formula is C20H22ClN3O4S. The van der Waals surface area contributed by atoms with Crippen LogP contribution < -0.4 is 10.6 Å². The van der Waals surface area contributed by atoms with Crippen LogP contribution in [0, 0.1) is 0 Å². The van der Waals surface area contributed by atoms with Gasteiger partial charge < -0.3 is 10.6 Å². The molecule has 1 aliphatic rings. The van der Waals surface area contributed by atoms with E-state index in [1.54, 1.807) is 12.1 Å². The molecule has 0 spiro atoms. The van der Waals surface area contributed by atoms with Gasteiger partial charge in [0, 0.05) is 23.7 Å². The predicted molar refractivity (Wildman–Crippen MR) is 110 cm³/mol. The van der Waals surface area contributed by atoms with Crippen molar-refractivity contribution in [3.05, 3.63) is 64.7 Å². The Bertz CT molecular complexity index is 1010. The number of amides is 2. The van der Waals surface area contributed by atoms with Crippen molar-refractivity contribution in [3.8, 4) is 0 Å². The molecule has 2 aromatic carbocycles. The third-order valence-electron chi connectivity index (χ3n) is 4.72. The molecule has 0 aromatic heterocycles. The van der Waals surface area contributed by atoms with E-state index in [0.717, 1.165) is 9.87 Å². The first kappa shape index (κ1) is 21.3.